The van der Waals surface area contributed by atoms with Crippen molar-refractivity contribution in [1.82, 2.24) is 105 Å². The zero-order valence-electron chi connectivity index (χ0n) is 79.8. The Kier molecular flexibility index (Phi) is 26.4. The molecule has 0 fully saturated rings. The van der Waals surface area contributed by atoms with Crippen LogP contribution in [-0.2, 0) is 0 Å². The van der Waals surface area contributed by atoms with Crippen LogP contribution in [-0.4, -0.2) is 105 Å². The Morgan fingerprint density at radius 3 is 0.556 bits per heavy atom. The van der Waals surface area contributed by atoms with Crippen LogP contribution in [0.1, 0.15) is 56.9 Å². The molecular formula is C121H93N21. The van der Waals surface area contributed by atoms with Crippen molar-refractivity contribution in [3.8, 4) is 215 Å². The number of aromatic nitrogens is 21. The summed E-state index contributed by atoms with van der Waals surface area (Å²) in [6, 6.07) is 116. The fourth-order valence-electron chi connectivity index (χ4n) is 16.5. The fraction of sp³-hybridized carbons (Fsp3) is 0.0826. The first-order valence-corrected chi connectivity index (χ1v) is 46.7. The van der Waals surface area contributed by atoms with E-state index in [0.29, 0.717) is 64.1 Å². The van der Waals surface area contributed by atoms with Gasteiger partial charge in [0.2, 0.25) is 0 Å². The molecule has 13 heterocycles. The van der Waals surface area contributed by atoms with Gasteiger partial charge in [-0.25, -0.2) is 64.8 Å². The van der Waals surface area contributed by atoms with Gasteiger partial charge in [-0.15, -0.1) is 0 Å². The van der Waals surface area contributed by atoms with Gasteiger partial charge in [0.1, 0.15) is 0 Å². The van der Waals surface area contributed by atoms with Crippen LogP contribution in [0.4, 0.5) is 0 Å². The minimum Gasteiger partial charge on any atom is -0.261 e. The van der Waals surface area contributed by atoms with Gasteiger partial charge in [0.15, 0.2) is 64.1 Å². The Morgan fingerprint density at radius 1 is 0.106 bits per heavy atom. The topological polar surface area (TPSA) is 271 Å². The molecule has 682 valence electrons. The first-order chi connectivity index (χ1) is 69.3. The van der Waals surface area contributed by atoms with E-state index in [1.54, 1.807) is 12.4 Å². The Morgan fingerprint density at radius 2 is 0.310 bits per heavy atom. The number of pyridine rings is 8. The van der Waals surface area contributed by atoms with E-state index in [4.69, 9.17) is 44.9 Å². The van der Waals surface area contributed by atoms with Gasteiger partial charge in [-0.3, -0.25) is 39.9 Å². The predicted molar refractivity (Wildman–Crippen MR) is 564 cm³/mol. The molecule has 0 bridgehead atoms. The van der Waals surface area contributed by atoms with Crippen molar-refractivity contribution in [3.63, 3.8) is 0 Å². The van der Waals surface area contributed by atoms with Crippen LogP contribution < -0.4 is 0 Å². The zero-order valence-corrected chi connectivity index (χ0v) is 79.8. The Hall–Kier alpha value is -18.6. The molecule has 0 amide bonds. The summed E-state index contributed by atoms with van der Waals surface area (Å²) >= 11 is 0. The minimum absolute atomic E-state index is 0.526. The van der Waals surface area contributed by atoms with Gasteiger partial charge in [-0.1, -0.05) is 224 Å². The number of rotatable bonds is 19. The molecule has 0 spiro atoms. The van der Waals surface area contributed by atoms with Crippen molar-refractivity contribution in [2.24, 2.45) is 0 Å². The molecule has 0 saturated carbocycles. The molecular weight excluding hydrogens is 1750 g/mol. The van der Waals surface area contributed by atoms with Gasteiger partial charge >= 0.3 is 0 Å². The average molecular weight is 1840 g/mol. The highest BCUT2D eigenvalue weighted by Gasteiger charge is 2.22. The predicted octanol–water partition coefficient (Wildman–Crippen LogP) is 27.1. The molecule has 9 aromatic carbocycles. The summed E-state index contributed by atoms with van der Waals surface area (Å²) in [4.78, 5) is 100. The van der Waals surface area contributed by atoms with Crippen LogP contribution >= 0.6 is 0 Å². The summed E-state index contributed by atoms with van der Waals surface area (Å²) in [7, 11) is 0. The third-order valence-corrected chi connectivity index (χ3v) is 23.9. The summed E-state index contributed by atoms with van der Waals surface area (Å²) < 4.78 is 0. The van der Waals surface area contributed by atoms with E-state index in [-0.39, 0.29) is 0 Å². The molecule has 21 heteroatoms. The lowest BCUT2D eigenvalue weighted by Gasteiger charge is -2.14. The maximum absolute atomic E-state index is 5.21. The molecule has 0 aliphatic rings. The monoisotopic (exact) mass is 1840 g/mol. The molecule has 0 atom stereocenters. The first-order valence-electron chi connectivity index (χ1n) is 46.7. The Labute approximate surface area is 823 Å². The van der Waals surface area contributed by atoms with Gasteiger partial charge in [-0.05, 0) is 235 Å². The molecule has 0 aliphatic carbocycles. The van der Waals surface area contributed by atoms with E-state index >= 15 is 0 Å². The Bertz CT molecular complexity index is 7730. The lowest BCUT2D eigenvalue weighted by Crippen LogP contribution is -2.01. The molecule has 0 aliphatic heterocycles. The molecule has 142 heavy (non-hydrogen) atoms. The van der Waals surface area contributed by atoms with Crippen molar-refractivity contribution >= 4 is 0 Å². The summed E-state index contributed by atoms with van der Waals surface area (Å²) in [6.45, 7) is 19.8. The van der Waals surface area contributed by atoms with Crippen molar-refractivity contribution in [2.45, 2.75) is 69.2 Å². The lowest BCUT2D eigenvalue weighted by atomic mass is 9.96. The summed E-state index contributed by atoms with van der Waals surface area (Å²) in [5.41, 5.74) is 34.9. The van der Waals surface area contributed by atoms with Gasteiger partial charge in [0.05, 0.1) is 22.8 Å². The molecule has 22 rings (SSSR count). The zero-order chi connectivity index (χ0) is 97.1. The van der Waals surface area contributed by atoms with Crippen molar-refractivity contribution in [3.05, 3.63) is 440 Å². The lowest BCUT2D eigenvalue weighted by molar-refractivity contribution is 1.06. The maximum atomic E-state index is 5.21. The van der Waals surface area contributed by atoms with E-state index in [9.17, 15) is 0 Å². The highest BCUT2D eigenvalue weighted by molar-refractivity contribution is 5.84. The highest BCUT2D eigenvalue weighted by atomic mass is 15.1. The highest BCUT2D eigenvalue weighted by Crippen LogP contribution is 2.39. The van der Waals surface area contributed by atoms with Gasteiger partial charge in [0.25, 0.3) is 0 Å². The number of benzene rings is 9. The average Bonchev–Trinajstić information content (AvgIpc) is 0.768. The van der Waals surface area contributed by atoms with Gasteiger partial charge in [0, 0.05) is 178 Å². The third kappa shape index (κ3) is 21.6. The molecule has 13 aromatic heterocycles. The minimum atomic E-state index is 0.526. The maximum Gasteiger partial charge on any atom is 0.165 e. The smallest absolute Gasteiger partial charge is 0.165 e. The molecule has 0 N–H and O–H groups in total. The van der Waals surface area contributed by atoms with Crippen LogP contribution in [0.15, 0.2) is 383 Å². The normalized spacial score (nSPS) is 11.0. The summed E-state index contributed by atoms with van der Waals surface area (Å²) in [6.07, 6.45) is 11.2. The number of aryl methyl sites for hydroxylation is 10. The molecule has 0 saturated heterocycles. The second-order valence-corrected chi connectivity index (χ2v) is 34.8. The van der Waals surface area contributed by atoms with E-state index < -0.39 is 0 Å². The standard InChI is InChI=1S/C45H35N7.C39H31N7.C37H27N7/c1-28-10-14-33(24-46-28)37-18-38(34-15-11-29(2)47-25-34)21-41(20-37)44-50-43(32-8-6-5-7-9-32)51-45(52-44)42-22-39(35-16-12-30(3)48-26-35)19-40(23-42)36-17-13-31(4)49-27-36;1-24-22-25(2)41-35(40-24)30-14-18-33(19-15-30)38-44-37(32-12-10-29(11-13-32)28-8-6-5-7-9-28)45-39(46-38)34-20-16-31(17-21-34)36-42-26(3)23-27(4)43-36;1-24-8-6-12-33(40-24)31-20-18-29(22-38-31)36-42-35(28-16-14-27(15-17-28)26-10-4-3-5-11-26)43-37(44-36)30-19-21-32(39-23-30)34-13-7-9-25(2)41-34/h5-27H,1-4H3;5-23H,1-4H3;3-23H,1-2H3. The van der Waals surface area contributed by atoms with Gasteiger partial charge in [-0.2, -0.15) is 0 Å². The molecule has 0 unspecified atom stereocenters. The Balaban J connectivity index is 0.000000131. The third-order valence-electron chi connectivity index (χ3n) is 23.9. The van der Waals surface area contributed by atoms with E-state index in [1.807, 2.05) is 318 Å². The van der Waals surface area contributed by atoms with E-state index in [0.717, 1.165) is 208 Å². The van der Waals surface area contributed by atoms with Crippen LogP contribution in [0, 0.1) is 69.2 Å². The van der Waals surface area contributed by atoms with E-state index in [1.165, 1.54) is 0 Å². The largest absolute Gasteiger partial charge is 0.261 e. The van der Waals surface area contributed by atoms with Crippen molar-refractivity contribution in [2.75, 3.05) is 0 Å². The quantitative estimate of drug-likeness (QED) is 0.0727. The molecule has 22 aromatic rings. The van der Waals surface area contributed by atoms with Crippen molar-refractivity contribution < 1.29 is 0 Å². The van der Waals surface area contributed by atoms with Crippen LogP contribution in [0.5, 0.6) is 0 Å². The fourth-order valence-corrected chi connectivity index (χ4v) is 16.5. The van der Waals surface area contributed by atoms with Crippen LogP contribution in [0.3, 0.4) is 0 Å². The molecule has 0 radical (unpaired) electrons. The first kappa shape index (κ1) is 91.1. The number of nitrogens with zero attached hydrogens (tertiary/aromatic N) is 21. The van der Waals surface area contributed by atoms with Crippen molar-refractivity contribution in [1.29, 1.82) is 0 Å². The summed E-state index contributed by atoms with van der Waals surface area (Å²) in [5, 5.41) is 0. The summed E-state index contributed by atoms with van der Waals surface area (Å²) in [5.74, 6) is 6.50. The van der Waals surface area contributed by atoms with E-state index in [2.05, 4.69) is 181 Å². The number of hydrogen-bond donors (Lipinski definition) is 0. The second kappa shape index (κ2) is 41.1. The molecule has 21 nitrogen and oxygen atoms in total. The van der Waals surface area contributed by atoms with Crippen LogP contribution in [0.25, 0.3) is 215 Å². The SMILES string of the molecule is Cc1cc(C)nc(-c2ccc(-c3nc(-c4ccc(-c5ccccc5)cc4)nc(-c4ccc(-c5nc(C)cc(C)n5)cc4)n3)cc2)n1.Cc1ccc(-c2cc(-c3ccc(C)nc3)cc(-c3nc(-c4ccccc4)nc(-c4cc(-c5ccc(C)nc5)cc(-c5ccc(C)nc5)c4)n3)c2)cn1.Cc1cccc(-c2ccc(-c3nc(-c4ccc(-c5ccccc5)cc4)nc(-c4ccc(-c5cccc(C)n5)nc4)n3)cn2)n1. The van der Waals surface area contributed by atoms with Crippen LogP contribution in [0.2, 0.25) is 0 Å². The number of hydrogen-bond acceptors (Lipinski definition) is 21. The second-order valence-electron chi connectivity index (χ2n) is 34.8. The van der Waals surface area contributed by atoms with Gasteiger partial charge < -0.3 is 0 Å².